The van der Waals surface area contributed by atoms with Gasteiger partial charge in [-0.2, -0.15) is 5.10 Å². The number of H-pyrrole nitrogens is 1. The zero-order valence-electron chi connectivity index (χ0n) is 36.8. The average molecular weight is 865 g/mol. The molecule has 3 aromatic carbocycles. The Morgan fingerprint density at radius 2 is 1.68 bits per heavy atom. The highest BCUT2D eigenvalue weighted by Crippen LogP contribution is 2.27. The normalized spacial score (nSPS) is 12.9. The largest absolute Gasteiger partial charge is 0.444 e. The van der Waals surface area contributed by atoms with Crippen LogP contribution in [0.25, 0.3) is 21.9 Å². The zero-order chi connectivity index (χ0) is 45.5. The van der Waals surface area contributed by atoms with Crippen LogP contribution in [-0.4, -0.2) is 133 Å². The molecule has 0 bridgehead atoms. The third-order valence-corrected chi connectivity index (χ3v) is 10.2. The summed E-state index contributed by atoms with van der Waals surface area (Å²) in [4.78, 5) is 70.8. The van der Waals surface area contributed by atoms with Crippen LogP contribution in [0.2, 0.25) is 0 Å². The van der Waals surface area contributed by atoms with Crippen LogP contribution in [-0.2, 0) is 27.1 Å². The van der Waals surface area contributed by atoms with Gasteiger partial charge in [0.1, 0.15) is 11.4 Å². The number of likely N-dealkylation sites (N-methyl/N-ethyl adjacent to an activating group) is 2. The Kier molecular flexibility index (Phi) is 17.1. The number of aromatic amines is 1. The number of ether oxygens (including phenoxy) is 2. The number of nitrogens with zero attached hydrogens (tertiary/aromatic N) is 5. The van der Waals surface area contributed by atoms with Gasteiger partial charge >= 0.3 is 6.09 Å². The number of carbonyl (C=O) groups is 4. The molecule has 63 heavy (non-hydrogen) atoms. The smallest absolute Gasteiger partial charge is 0.412 e. The van der Waals surface area contributed by atoms with Crippen LogP contribution < -0.4 is 16.2 Å². The van der Waals surface area contributed by atoms with E-state index in [0.29, 0.717) is 50.1 Å². The summed E-state index contributed by atoms with van der Waals surface area (Å²) in [5, 5.41) is 13.7. The first-order chi connectivity index (χ1) is 30.1. The van der Waals surface area contributed by atoms with Gasteiger partial charge in [-0.05, 0) is 75.2 Å². The molecule has 0 unspecified atom stereocenters. The van der Waals surface area contributed by atoms with E-state index in [-0.39, 0.29) is 40.9 Å². The van der Waals surface area contributed by atoms with Gasteiger partial charge in [-0.25, -0.2) is 19.3 Å². The number of hydrogen-bond acceptors (Lipinski definition) is 11. The second-order valence-corrected chi connectivity index (χ2v) is 16.2. The number of carbonyl (C=O) groups excluding carboxylic acids is 4. The van der Waals surface area contributed by atoms with E-state index in [1.807, 2.05) is 29.2 Å². The Morgan fingerprint density at radius 1 is 0.937 bits per heavy atom. The van der Waals surface area contributed by atoms with Crippen molar-refractivity contribution in [2.24, 2.45) is 0 Å². The van der Waals surface area contributed by atoms with E-state index in [0.717, 1.165) is 54.7 Å². The molecule has 3 N–H and O–H groups in total. The van der Waals surface area contributed by atoms with Crippen LogP contribution in [0.4, 0.5) is 14.9 Å². The zero-order valence-corrected chi connectivity index (χ0v) is 36.8. The van der Waals surface area contributed by atoms with Crippen LogP contribution in [0.3, 0.4) is 0 Å². The maximum Gasteiger partial charge on any atom is 0.412 e. The number of aryl methyl sites for hydroxylation is 1. The van der Waals surface area contributed by atoms with Crippen molar-refractivity contribution < 1.29 is 33.0 Å². The fourth-order valence-corrected chi connectivity index (χ4v) is 6.66. The number of hydrogen-bond donors (Lipinski definition) is 3. The first-order valence-corrected chi connectivity index (χ1v) is 20.9. The highest BCUT2D eigenvalue weighted by Gasteiger charge is 2.23. The first kappa shape index (κ1) is 47.7. The van der Waals surface area contributed by atoms with E-state index in [4.69, 9.17) is 9.47 Å². The monoisotopic (exact) mass is 864 g/mol. The summed E-state index contributed by atoms with van der Waals surface area (Å²) < 4.78 is 24.4. The van der Waals surface area contributed by atoms with E-state index in [2.05, 4.69) is 56.8 Å². The van der Waals surface area contributed by atoms with Crippen molar-refractivity contribution in [3.05, 3.63) is 123 Å². The molecule has 0 spiro atoms. The highest BCUT2D eigenvalue weighted by molar-refractivity contribution is 6.01. The molecule has 1 saturated heterocycles. The minimum Gasteiger partial charge on any atom is -0.444 e. The maximum absolute atomic E-state index is 13.4. The van der Waals surface area contributed by atoms with E-state index in [9.17, 15) is 28.4 Å². The molecule has 0 atom stereocenters. The predicted octanol–water partition coefficient (Wildman–Crippen LogP) is 5.58. The van der Waals surface area contributed by atoms with E-state index < -0.39 is 17.5 Å². The number of anilines is 1. The quantitative estimate of drug-likeness (QED) is 0.0885. The minimum atomic E-state index is -0.699. The SMILES string of the molecule is CCc1cccc(-c2cnc(C(=O)N(C)CCOCCNCC(=O)N3CCN(C)CC3)c(NC(=O)OC(C)(C)C)c2)c1.O=Cc1cc(Cc2n[nH]c(=O)c3ccccc23)ccc1F. The standard InChI is InChI=1S/C31H46N6O5.C16H11FN2O2/c1-7-23-9-8-10-24(19-23)25-20-26(34-30(40)42-31(2,3)4)28(33-21-25)29(39)36(6)16-18-41-17-11-32-22-27(38)37-14-12-35(5)13-15-37;17-14-6-5-10(7-11(14)9-20)8-15-12-3-1-2-4-13(12)16(21)19-18-15/h8-10,19-21,32H,7,11-18,22H2,1-6H3,(H,34,40);1-7,9H,8H2,(H,19,21). The van der Waals surface area contributed by atoms with E-state index in [1.165, 1.54) is 22.6 Å². The molecule has 3 amide bonds. The van der Waals surface area contributed by atoms with Gasteiger partial charge in [0.25, 0.3) is 11.5 Å². The Balaban J connectivity index is 0.000000295. The Labute approximate surface area is 367 Å². The highest BCUT2D eigenvalue weighted by atomic mass is 19.1. The molecule has 1 fully saturated rings. The number of aromatic nitrogens is 3. The Hall–Kier alpha value is -6.36. The molecule has 0 radical (unpaired) electrons. The van der Waals surface area contributed by atoms with Crippen molar-refractivity contribution in [1.29, 1.82) is 0 Å². The molecule has 1 aliphatic heterocycles. The Bertz CT molecular complexity index is 2430. The second kappa shape index (κ2) is 22.6. The van der Waals surface area contributed by atoms with Gasteiger partial charge in [0.15, 0.2) is 12.0 Å². The third kappa shape index (κ3) is 14.1. The van der Waals surface area contributed by atoms with Gasteiger partial charge in [-0.3, -0.25) is 24.5 Å². The predicted molar refractivity (Wildman–Crippen MR) is 241 cm³/mol. The molecular formula is C47H57FN8O7. The number of fused-ring (bicyclic) bond motifs is 1. The number of piperazine rings is 1. The van der Waals surface area contributed by atoms with Gasteiger partial charge in [0, 0.05) is 69.9 Å². The van der Waals surface area contributed by atoms with Gasteiger partial charge in [-0.1, -0.05) is 55.5 Å². The summed E-state index contributed by atoms with van der Waals surface area (Å²) in [5.41, 5.74) is 3.77. The maximum atomic E-state index is 13.4. The molecule has 5 aromatic rings. The topological polar surface area (TPSA) is 179 Å². The number of halogens is 1. The molecular weight excluding hydrogens is 808 g/mol. The lowest BCUT2D eigenvalue weighted by Crippen LogP contribution is -2.49. The number of amides is 3. The lowest BCUT2D eigenvalue weighted by molar-refractivity contribution is -0.131. The van der Waals surface area contributed by atoms with Gasteiger partial charge in [0.2, 0.25) is 5.91 Å². The van der Waals surface area contributed by atoms with E-state index >= 15 is 0 Å². The van der Waals surface area contributed by atoms with Crippen molar-refractivity contribution in [1.82, 2.24) is 35.2 Å². The minimum absolute atomic E-state index is 0.0150. The number of nitrogens with one attached hydrogen (secondary N) is 3. The molecule has 1 aliphatic rings. The number of rotatable bonds is 15. The summed E-state index contributed by atoms with van der Waals surface area (Å²) >= 11 is 0. The molecule has 3 heterocycles. The van der Waals surface area contributed by atoms with Crippen LogP contribution in [0.15, 0.2) is 83.8 Å². The number of benzene rings is 3. The van der Waals surface area contributed by atoms with Crippen LogP contribution in [0.5, 0.6) is 0 Å². The summed E-state index contributed by atoms with van der Waals surface area (Å²) in [6.45, 7) is 12.6. The molecule has 2 aromatic heterocycles. The van der Waals surface area contributed by atoms with Crippen molar-refractivity contribution in [3.63, 3.8) is 0 Å². The lowest BCUT2D eigenvalue weighted by atomic mass is 10.0. The fraction of sp³-hybridized carbons (Fsp3) is 0.383. The summed E-state index contributed by atoms with van der Waals surface area (Å²) in [7, 11) is 3.72. The second-order valence-electron chi connectivity index (χ2n) is 16.2. The van der Waals surface area contributed by atoms with Gasteiger partial charge in [-0.15, -0.1) is 0 Å². The Morgan fingerprint density at radius 3 is 2.40 bits per heavy atom. The lowest BCUT2D eigenvalue weighted by Gasteiger charge is -2.32. The first-order valence-electron chi connectivity index (χ1n) is 20.9. The molecule has 15 nitrogen and oxygen atoms in total. The van der Waals surface area contributed by atoms with E-state index in [1.54, 1.807) is 58.3 Å². The van der Waals surface area contributed by atoms with Crippen molar-refractivity contribution in [2.75, 3.05) is 78.4 Å². The summed E-state index contributed by atoms with van der Waals surface area (Å²) in [6.07, 6.45) is 2.75. The third-order valence-electron chi connectivity index (χ3n) is 10.2. The van der Waals surface area contributed by atoms with Crippen LogP contribution >= 0.6 is 0 Å². The van der Waals surface area contributed by atoms with Gasteiger partial charge in [0.05, 0.1) is 42.1 Å². The molecule has 6 rings (SSSR count). The summed E-state index contributed by atoms with van der Waals surface area (Å²) in [5.74, 6) is -0.803. The number of aldehydes is 1. The average Bonchev–Trinajstić information content (AvgIpc) is 3.27. The van der Waals surface area contributed by atoms with Gasteiger partial charge < -0.3 is 29.5 Å². The molecule has 0 aliphatic carbocycles. The number of pyridine rings is 1. The summed E-state index contributed by atoms with van der Waals surface area (Å²) in [6, 6.07) is 21.3. The van der Waals surface area contributed by atoms with Crippen molar-refractivity contribution in [2.45, 2.75) is 46.1 Å². The fourth-order valence-electron chi connectivity index (χ4n) is 6.66. The van der Waals surface area contributed by atoms with Crippen molar-refractivity contribution in [3.8, 4) is 11.1 Å². The molecule has 16 heteroatoms. The van der Waals surface area contributed by atoms with Crippen molar-refractivity contribution >= 4 is 40.7 Å². The molecule has 0 saturated carbocycles. The van der Waals surface area contributed by atoms with Crippen LogP contribution in [0, 0.1) is 5.82 Å². The molecule has 334 valence electrons. The van der Waals surface area contributed by atoms with Crippen LogP contribution in [0.1, 0.15) is 65.4 Å².